The number of halogens is 1. The summed E-state index contributed by atoms with van der Waals surface area (Å²) in [5.41, 5.74) is 1.32. The predicted molar refractivity (Wildman–Crippen MR) is 114 cm³/mol. The normalized spacial score (nSPS) is 15.1. The summed E-state index contributed by atoms with van der Waals surface area (Å²) in [5.74, 6) is 0.0565. The number of amides is 1. The Bertz CT molecular complexity index is 972. The predicted octanol–water partition coefficient (Wildman–Crippen LogP) is 4.09. The molecule has 6 nitrogen and oxygen atoms in total. The van der Waals surface area contributed by atoms with Gasteiger partial charge in [-0.2, -0.15) is 4.31 Å². The van der Waals surface area contributed by atoms with E-state index in [2.05, 4.69) is 5.32 Å². The van der Waals surface area contributed by atoms with Crippen LogP contribution < -0.4 is 10.1 Å². The van der Waals surface area contributed by atoms with Crippen molar-refractivity contribution < 1.29 is 17.9 Å². The summed E-state index contributed by atoms with van der Waals surface area (Å²) in [6.45, 7) is 1.000. The van der Waals surface area contributed by atoms with Crippen LogP contribution in [0, 0.1) is 0 Å². The van der Waals surface area contributed by atoms with Gasteiger partial charge in [0.25, 0.3) is 0 Å². The van der Waals surface area contributed by atoms with E-state index in [-0.39, 0.29) is 23.0 Å². The highest BCUT2D eigenvalue weighted by molar-refractivity contribution is 7.89. The van der Waals surface area contributed by atoms with E-state index >= 15 is 0 Å². The Labute approximate surface area is 176 Å². The van der Waals surface area contributed by atoms with Crippen molar-refractivity contribution in [3.63, 3.8) is 0 Å². The molecule has 0 bridgehead atoms. The Morgan fingerprint density at radius 1 is 1.14 bits per heavy atom. The molecule has 1 aliphatic heterocycles. The van der Waals surface area contributed by atoms with Crippen molar-refractivity contribution in [2.75, 3.05) is 25.5 Å². The second-order valence-electron chi connectivity index (χ2n) is 6.97. The number of sulfonamides is 1. The van der Waals surface area contributed by atoms with Crippen molar-refractivity contribution in [3.05, 3.63) is 53.1 Å². The first kappa shape index (κ1) is 21.6. The van der Waals surface area contributed by atoms with E-state index in [0.29, 0.717) is 30.2 Å². The summed E-state index contributed by atoms with van der Waals surface area (Å²) >= 11 is 6.13. The third-order valence-electron chi connectivity index (χ3n) is 4.96. The van der Waals surface area contributed by atoms with Crippen molar-refractivity contribution in [2.24, 2.45) is 0 Å². The highest BCUT2D eigenvalue weighted by atomic mass is 35.5. The smallest absolute Gasteiger partial charge is 0.246 e. The number of benzene rings is 2. The number of methoxy groups -OCH3 is 1. The van der Waals surface area contributed by atoms with Gasteiger partial charge in [0.2, 0.25) is 15.9 Å². The number of aryl methyl sites for hydroxylation is 1. The zero-order valence-corrected chi connectivity index (χ0v) is 17.9. The van der Waals surface area contributed by atoms with Crippen LogP contribution >= 0.6 is 11.6 Å². The molecule has 0 saturated carbocycles. The lowest BCUT2D eigenvalue weighted by molar-refractivity contribution is -0.116. The van der Waals surface area contributed by atoms with E-state index in [4.69, 9.17) is 16.3 Å². The molecular formula is C21H25ClN2O4S. The SMILES string of the molecule is COc1ccc(NC(=O)CCc2ccccc2Cl)cc1S(=O)(=O)N1CCCCC1. The maximum atomic E-state index is 13.1. The zero-order valence-electron chi connectivity index (χ0n) is 16.4. The standard InChI is InChI=1S/C21H25ClN2O4S/c1-28-19-11-10-17(15-20(19)29(26,27)24-13-5-2-6-14-24)23-21(25)12-9-16-7-3-4-8-18(16)22/h3-4,7-8,10-11,15H,2,5-6,9,12-14H2,1H3,(H,23,25). The molecule has 1 saturated heterocycles. The fraction of sp³-hybridized carbons (Fsp3) is 0.381. The third kappa shape index (κ3) is 5.29. The molecule has 0 atom stereocenters. The van der Waals surface area contributed by atoms with E-state index in [0.717, 1.165) is 24.8 Å². The van der Waals surface area contributed by atoms with Crippen LogP contribution in [0.1, 0.15) is 31.2 Å². The van der Waals surface area contributed by atoms with Crippen molar-refractivity contribution in [1.82, 2.24) is 4.31 Å². The second kappa shape index (κ2) is 9.61. The molecule has 3 rings (SSSR count). The Kier molecular flexibility index (Phi) is 7.16. The van der Waals surface area contributed by atoms with Crippen LogP contribution in [0.3, 0.4) is 0 Å². The molecule has 8 heteroatoms. The second-order valence-corrected chi connectivity index (χ2v) is 9.28. The van der Waals surface area contributed by atoms with E-state index in [9.17, 15) is 13.2 Å². The number of hydrogen-bond acceptors (Lipinski definition) is 4. The summed E-state index contributed by atoms with van der Waals surface area (Å²) in [5, 5.41) is 3.40. The van der Waals surface area contributed by atoms with Crippen LogP contribution in [-0.2, 0) is 21.2 Å². The van der Waals surface area contributed by atoms with Crippen LogP contribution in [0.15, 0.2) is 47.4 Å². The molecule has 1 amide bonds. The summed E-state index contributed by atoms with van der Waals surface area (Å²) in [6, 6.07) is 12.1. The van der Waals surface area contributed by atoms with Crippen LogP contribution in [0.4, 0.5) is 5.69 Å². The summed E-state index contributed by atoms with van der Waals surface area (Å²) in [6.07, 6.45) is 3.47. The maximum Gasteiger partial charge on any atom is 0.246 e. The minimum absolute atomic E-state index is 0.0748. The van der Waals surface area contributed by atoms with Gasteiger partial charge in [-0.3, -0.25) is 4.79 Å². The van der Waals surface area contributed by atoms with Gasteiger partial charge in [-0.05, 0) is 49.1 Å². The number of anilines is 1. The van der Waals surface area contributed by atoms with E-state index in [1.807, 2.05) is 18.2 Å². The fourth-order valence-electron chi connectivity index (χ4n) is 3.37. The van der Waals surface area contributed by atoms with E-state index in [1.165, 1.54) is 17.5 Å². The first-order valence-corrected chi connectivity index (χ1v) is 11.4. The molecule has 0 aromatic heterocycles. The topological polar surface area (TPSA) is 75.7 Å². The highest BCUT2D eigenvalue weighted by Crippen LogP contribution is 2.31. The van der Waals surface area contributed by atoms with Gasteiger partial charge in [-0.15, -0.1) is 0 Å². The summed E-state index contributed by atoms with van der Waals surface area (Å²) in [4.78, 5) is 12.4. The summed E-state index contributed by atoms with van der Waals surface area (Å²) in [7, 11) is -2.25. The summed E-state index contributed by atoms with van der Waals surface area (Å²) < 4.78 is 32.9. The highest BCUT2D eigenvalue weighted by Gasteiger charge is 2.29. The third-order valence-corrected chi connectivity index (χ3v) is 7.25. The number of piperidine rings is 1. The molecule has 29 heavy (non-hydrogen) atoms. The van der Waals surface area contributed by atoms with Crippen LogP contribution in [-0.4, -0.2) is 38.8 Å². The van der Waals surface area contributed by atoms with E-state index < -0.39 is 10.0 Å². The largest absolute Gasteiger partial charge is 0.495 e. The molecule has 2 aromatic carbocycles. The Morgan fingerprint density at radius 3 is 2.55 bits per heavy atom. The van der Waals surface area contributed by atoms with Crippen LogP contribution in [0.5, 0.6) is 5.75 Å². The van der Waals surface area contributed by atoms with Crippen molar-refractivity contribution in [3.8, 4) is 5.75 Å². The zero-order chi connectivity index (χ0) is 20.9. The van der Waals surface area contributed by atoms with Crippen LogP contribution in [0.2, 0.25) is 5.02 Å². The lowest BCUT2D eigenvalue weighted by atomic mass is 10.1. The number of hydrogen-bond donors (Lipinski definition) is 1. The lowest BCUT2D eigenvalue weighted by Crippen LogP contribution is -2.35. The molecule has 156 valence electrons. The quantitative estimate of drug-likeness (QED) is 0.709. The van der Waals surface area contributed by atoms with Crippen molar-refractivity contribution in [2.45, 2.75) is 37.0 Å². The Hall–Kier alpha value is -2.09. The maximum absolute atomic E-state index is 13.1. The Balaban J connectivity index is 1.74. The van der Waals surface area contributed by atoms with Gasteiger partial charge in [0, 0.05) is 30.2 Å². The molecule has 1 aliphatic rings. The Morgan fingerprint density at radius 2 is 1.86 bits per heavy atom. The first-order chi connectivity index (χ1) is 13.9. The number of carbonyl (C=O) groups is 1. The monoisotopic (exact) mass is 436 g/mol. The molecule has 1 N–H and O–H groups in total. The van der Waals surface area contributed by atoms with Crippen LogP contribution in [0.25, 0.3) is 0 Å². The number of rotatable bonds is 7. The van der Waals surface area contributed by atoms with E-state index in [1.54, 1.807) is 18.2 Å². The van der Waals surface area contributed by atoms with Gasteiger partial charge in [-0.1, -0.05) is 36.2 Å². The molecule has 0 unspecified atom stereocenters. The molecule has 0 aliphatic carbocycles. The number of carbonyl (C=O) groups excluding carboxylic acids is 1. The fourth-order valence-corrected chi connectivity index (χ4v) is 5.30. The average Bonchev–Trinajstić information content (AvgIpc) is 2.74. The van der Waals surface area contributed by atoms with Gasteiger partial charge in [-0.25, -0.2) is 8.42 Å². The van der Waals surface area contributed by atoms with Gasteiger partial charge < -0.3 is 10.1 Å². The molecule has 0 spiro atoms. The lowest BCUT2D eigenvalue weighted by Gasteiger charge is -2.26. The minimum atomic E-state index is -3.68. The van der Waals surface area contributed by atoms with Gasteiger partial charge in [0.05, 0.1) is 7.11 Å². The first-order valence-electron chi connectivity index (χ1n) is 9.63. The van der Waals surface area contributed by atoms with Gasteiger partial charge in [0.15, 0.2) is 0 Å². The van der Waals surface area contributed by atoms with Gasteiger partial charge in [0.1, 0.15) is 10.6 Å². The molecule has 2 aromatic rings. The number of ether oxygens (including phenoxy) is 1. The average molecular weight is 437 g/mol. The van der Waals surface area contributed by atoms with Crippen molar-refractivity contribution >= 4 is 33.2 Å². The molecule has 1 fully saturated rings. The number of nitrogens with one attached hydrogen (secondary N) is 1. The molecular weight excluding hydrogens is 412 g/mol. The minimum Gasteiger partial charge on any atom is -0.495 e. The molecule has 1 heterocycles. The number of nitrogens with zero attached hydrogens (tertiary/aromatic N) is 1. The van der Waals surface area contributed by atoms with Crippen molar-refractivity contribution in [1.29, 1.82) is 0 Å². The van der Waals surface area contributed by atoms with Gasteiger partial charge >= 0.3 is 0 Å². The molecule has 0 radical (unpaired) electrons.